The number of nitrogens with one attached hydrogen (secondary N) is 1. The van der Waals surface area contributed by atoms with Crippen LogP contribution in [0, 0.1) is 3.95 Å². The summed E-state index contributed by atoms with van der Waals surface area (Å²) in [5.41, 5.74) is 6.10. The maximum absolute atomic E-state index is 12.3. The molecule has 1 amide bonds. The van der Waals surface area contributed by atoms with E-state index in [1.165, 1.54) is 11.3 Å². The van der Waals surface area contributed by atoms with Gasteiger partial charge in [-0.2, -0.15) is 0 Å². The van der Waals surface area contributed by atoms with Crippen molar-refractivity contribution in [1.29, 1.82) is 0 Å². The van der Waals surface area contributed by atoms with Gasteiger partial charge in [-0.05, 0) is 37.2 Å². The lowest BCUT2D eigenvalue weighted by Gasteiger charge is -2.12. The first-order valence-electron chi connectivity index (χ1n) is 7.06. The van der Waals surface area contributed by atoms with E-state index in [9.17, 15) is 4.79 Å². The van der Waals surface area contributed by atoms with Gasteiger partial charge in [-0.3, -0.25) is 4.79 Å². The van der Waals surface area contributed by atoms with E-state index in [1.807, 2.05) is 0 Å². The summed E-state index contributed by atoms with van der Waals surface area (Å²) in [6.07, 6.45) is 3.75. The SMILES string of the molecule is Nc1c(C(=O)NCc2ccco2)sc(=S)n1CC1CCCO1. The first kappa shape index (κ1) is 15.3. The van der Waals surface area contributed by atoms with Crippen molar-refractivity contribution in [2.24, 2.45) is 0 Å². The largest absolute Gasteiger partial charge is 0.467 e. The number of nitrogens with zero attached hydrogens (tertiary/aromatic N) is 1. The molecule has 8 heteroatoms. The minimum absolute atomic E-state index is 0.127. The molecule has 1 aliphatic heterocycles. The van der Waals surface area contributed by atoms with E-state index in [0.717, 1.165) is 19.4 Å². The second kappa shape index (κ2) is 6.64. The minimum atomic E-state index is -0.240. The quantitative estimate of drug-likeness (QED) is 0.818. The first-order valence-corrected chi connectivity index (χ1v) is 8.29. The molecule has 1 atom stereocenters. The number of thiazole rings is 1. The molecule has 1 fully saturated rings. The Balaban J connectivity index is 1.70. The molecular formula is C14H17N3O3S2. The lowest BCUT2D eigenvalue weighted by atomic mass is 10.2. The highest BCUT2D eigenvalue weighted by Gasteiger charge is 2.21. The highest BCUT2D eigenvalue weighted by molar-refractivity contribution is 7.73. The van der Waals surface area contributed by atoms with E-state index in [4.69, 9.17) is 27.1 Å². The molecule has 0 radical (unpaired) electrons. The summed E-state index contributed by atoms with van der Waals surface area (Å²) in [5, 5.41) is 2.78. The van der Waals surface area contributed by atoms with Crippen molar-refractivity contribution in [2.75, 3.05) is 12.3 Å². The van der Waals surface area contributed by atoms with E-state index in [1.54, 1.807) is 23.0 Å². The zero-order valence-electron chi connectivity index (χ0n) is 11.9. The molecule has 118 valence electrons. The van der Waals surface area contributed by atoms with Gasteiger partial charge in [0, 0.05) is 6.61 Å². The Morgan fingerprint density at radius 2 is 2.45 bits per heavy atom. The van der Waals surface area contributed by atoms with Gasteiger partial charge in [-0.15, -0.1) is 0 Å². The average molecular weight is 339 g/mol. The number of nitrogen functional groups attached to an aromatic ring is 1. The van der Waals surface area contributed by atoms with Gasteiger partial charge in [-0.1, -0.05) is 11.3 Å². The Hall–Kier alpha value is -1.64. The third-order valence-electron chi connectivity index (χ3n) is 3.55. The molecule has 3 rings (SSSR count). The van der Waals surface area contributed by atoms with Crippen LogP contribution in [0.5, 0.6) is 0 Å². The minimum Gasteiger partial charge on any atom is -0.467 e. The Morgan fingerprint density at radius 1 is 1.59 bits per heavy atom. The number of hydrogen-bond acceptors (Lipinski definition) is 6. The van der Waals surface area contributed by atoms with Crippen LogP contribution >= 0.6 is 23.6 Å². The van der Waals surface area contributed by atoms with Gasteiger partial charge < -0.3 is 24.8 Å². The number of rotatable bonds is 5. The topological polar surface area (TPSA) is 82.4 Å². The second-order valence-electron chi connectivity index (χ2n) is 5.09. The van der Waals surface area contributed by atoms with E-state index < -0.39 is 0 Å². The number of furan rings is 1. The predicted molar refractivity (Wildman–Crippen MR) is 86.4 cm³/mol. The molecule has 1 unspecified atom stereocenters. The normalized spacial score (nSPS) is 17.7. The summed E-state index contributed by atoms with van der Waals surface area (Å²) >= 11 is 6.55. The number of carbonyl (C=O) groups excluding carboxylic acids is 1. The van der Waals surface area contributed by atoms with Gasteiger partial charge in [0.25, 0.3) is 5.91 Å². The zero-order valence-corrected chi connectivity index (χ0v) is 13.5. The molecule has 1 saturated heterocycles. The fraction of sp³-hybridized carbons (Fsp3) is 0.429. The molecule has 6 nitrogen and oxygen atoms in total. The lowest BCUT2D eigenvalue weighted by molar-refractivity contribution is 0.0944. The van der Waals surface area contributed by atoms with Gasteiger partial charge in [0.1, 0.15) is 16.5 Å². The number of amides is 1. The molecule has 1 aliphatic rings. The summed E-state index contributed by atoms with van der Waals surface area (Å²) in [4.78, 5) is 12.7. The van der Waals surface area contributed by atoms with Crippen LogP contribution in [0.3, 0.4) is 0 Å². The fourth-order valence-corrected chi connectivity index (χ4v) is 3.66. The van der Waals surface area contributed by atoms with Crippen LogP contribution in [0.2, 0.25) is 0 Å². The van der Waals surface area contributed by atoms with Crippen LogP contribution in [0.25, 0.3) is 0 Å². The van der Waals surface area contributed by atoms with Crippen molar-refractivity contribution in [1.82, 2.24) is 9.88 Å². The number of aromatic nitrogens is 1. The van der Waals surface area contributed by atoms with E-state index in [2.05, 4.69) is 5.32 Å². The third kappa shape index (κ3) is 3.23. The van der Waals surface area contributed by atoms with E-state index in [-0.39, 0.29) is 12.0 Å². The molecule has 0 spiro atoms. The van der Waals surface area contributed by atoms with Crippen molar-refractivity contribution < 1.29 is 13.9 Å². The molecule has 0 aromatic carbocycles. The maximum atomic E-state index is 12.3. The summed E-state index contributed by atoms with van der Waals surface area (Å²) in [6.45, 7) is 1.70. The Labute approximate surface area is 136 Å². The molecule has 22 heavy (non-hydrogen) atoms. The van der Waals surface area contributed by atoms with Crippen LogP contribution < -0.4 is 11.1 Å². The van der Waals surface area contributed by atoms with Crippen molar-refractivity contribution in [2.45, 2.75) is 32.0 Å². The zero-order chi connectivity index (χ0) is 15.5. The highest BCUT2D eigenvalue weighted by atomic mass is 32.1. The molecule has 2 aromatic rings. The Kier molecular flexibility index (Phi) is 4.60. The van der Waals surface area contributed by atoms with E-state index in [0.29, 0.717) is 33.5 Å². The van der Waals surface area contributed by atoms with E-state index >= 15 is 0 Å². The summed E-state index contributed by atoms with van der Waals surface area (Å²) in [6, 6.07) is 3.58. The molecular weight excluding hydrogens is 322 g/mol. The van der Waals surface area contributed by atoms with Crippen LogP contribution in [0.1, 0.15) is 28.3 Å². The molecule has 0 aliphatic carbocycles. The predicted octanol–water partition coefficient (Wildman–Crippen LogP) is 2.56. The molecule has 2 aromatic heterocycles. The number of hydrogen-bond donors (Lipinski definition) is 2. The Morgan fingerprint density at radius 3 is 3.14 bits per heavy atom. The van der Waals surface area contributed by atoms with Crippen LogP contribution in [-0.2, 0) is 17.8 Å². The van der Waals surface area contributed by atoms with Gasteiger partial charge in [0.05, 0.1) is 25.5 Å². The fourth-order valence-electron chi connectivity index (χ4n) is 2.40. The van der Waals surface area contributed by atoms with Crippen LogP contribution in [0.15, 0.2) is 22.8 Å². The molecule has 0 saturated carbocycles. The smallest absolute Gasteiger partial charge is 0.265 e. The van der Waals surface area contributed by atoms with Crippen LogP contribution in [-0.4, -0.2) is 23.2 Å². The molecule has 0 bridgehead atoms. The monoisotopic (exact) mass is 339 g/mol. The van der Waals surface area contributed by atoms with Gasteiger partial charge in [0.15, 0.2) is 3.95 Å². The summed E-state index contributed by atoms with van der Waals surface area (Å²) in [5.74, 6) is 0.854. The molecule has 3 N–H and O–H groups in total. The van der Waals surface area contributed by atoms with Crippen molar-refractivity contribution in [3.8, 4) is 0 Å². The van der Waals surface area contributed by atoms with Crippen molar-refractivity contribution in [3.05, 3.63) is 33.0 Å². The number of carbonyl (C=O) groups is 1. The van der Waals surface area contributed by atoms with Gasteiger partial charge in [-0.25, -0.2) is 0 Å². The first-order chi connectivity index (χ1) is 10.6. The van der Waals surface area contributed by atoms with Gasteiger partial charge in [0.2, 0.25) is 0 Å². The van der Waals surface area contributed by atoms with Crippen LogP contribution in [0.4, 0.5) is 5.82 Å². The standard InChI is InChI=1S/C14H17N3O3S2/c15-12-11(13(18)16-7-9-3-1-5-19-9)22-14(21)17(12)8-10-4-2-6-20-10/h1,3,5,10H,2,4,6-8,15H2,(H,16,18). The lowest BCUT2D eigenvalue weighted by Crippen LogP contribution is -2.23. The van der Waals surface area contributed by atoms with Crippen molar-refractivity contribution in [3.63, 3.8) is 0 Å². The number of ether oxygens (including phenoxy) is 1. The number of anilines is 1. The summed E-state index contributed by atoms with van der Waals surface area (Å²) < 4.78 is 13.2. The number of nitrogens with two attached hydrogens (primary N) is 1. The summed E-state index contributed by atoms with van der Waals surface area (Å²) in [7, 11) is 0. The Bertz CT molecular complexity index is 699. The molecule has 3 heterocycles. The highest BCUT2D eigenvalue weighted by Crippen LogP contribution is 2.25. The second-order valence-corrected chi connectivity index (χ2v) is 6.73. The van der Waals surface area contributed by atoms with Gasteiger partial charge >= 0.3 is 0 Å². The maximum Gasteiger partial charge on any atom is 0.265 e. The van der Waals surface area contributed by atoms with Crippen molar-refractivity contribution >= 4 is 35.3 Å². The average Bonchev–Trinajstić information content (AvgIpc) is 3.23. The third-order valence-corrected chi connectivity index (χ3v) is 5.02.